The molecule has 0 spiro atoms. The van der Waals surface area contributed by atoms with Crippen molar-refractivity contribution in [3.63, 3.8) is 0 Å². The van der Waals surface area contributed by atoms with Crippen LogP contribution >= 0.6 is 12.4 Å². The minimum Gasteiger partial charge on any atom is -0.494 e. The third kappa shape index (κ3) is 4.23. The molecule has 3 N–H and O–H groups in total. The van der Waals surface area contributed by atoms with Gasteiger partial charge in [0, 0.05) is 24.7 Å². The van der Waals surface area contributed by atoms with Crippen LogP contribution in [0, 0.1) is 0 Å². The summed E-state index contributed by atoms with van der Waals surface area (Å²) in [4.78, 5) is 26.4. The molecule has 0 saturated carbocycles. The topological polar surface area (TPSA) is 84.7 Å². The summed E-state index contributed by atoms with van der Waals surface area (Å²) in [7, 11) is 1.54. The zero-order chi connectivity index (χ0) is 18.7. The molecule has 2 aromatic carbocycles. The highest BCUT2D eigenvalue weighted by Gasteiger charge is 2.31. The lowest BCUT2D eigenvalue weighted by molar-refractivity contribution is -0.121. The van der Waals surface area contributed by atoms with E-state index in [1.807, 2.05) is 30.3 Å². The van der Waals surface area contributed by atoms with E-state index in [-0.39, 0.29) is 24.2 Å². The average Bonchev–Trinajstić information content (AvgIpc) is 3.08. The Balaban J connectivity index is 0.00000261. The smallest absolute Gasteiger partial charge is 0.248 e. The maximum absolute atomic E-state index is 12.7. The first-order chi connectivity index (χ1) is 12.4. The number of anilines is 2. The molecule has 1 unspecified atom stereocenters. The molecule has 1 fully saturated rings. The lowest BCUT2D eigenvalue weighted by Gasteiger charge is -2.25. The SMILES string of the molecule is COc1cc(NC(=O)C(C)(N)c2ccccc2)ccc1N1CCCC1=O.Cl. The molecule has 1 saturated heterocycles. The molecule has 1 aliphatic rings. The number of nitrogens with one attached hydrogen (secondary N) is 1. The van der Waals surface area contributed by atoms with Gasteiger partial charge in [-0.05, 0) is 31.0 Å². The third-order valence-corrected chi connectivity index (χ3v) is 4.65. The molecule has 0 bridgehead atoms. The van der Waals surface area contributed by atoms with Crippen LogP contribution in [0.15, 0.2) is 48.5 Å². The van der Waals surface area contributed by atoms with Gasteiger partial charge in [-0.15, -0.1) is 12.4 Å². The number of ether oxygens (including phenoxy) is 1. The molecule has 144 valence electrons. The fourth-order valence-electron chi connectivity index (χ4n) is 3.06. The highest BCUT2D eigenvalue weighted by Crippen LogP contribution is 2.34. The van der Waals surface area contributed by atoms with Crippen LogP contribution in [0.4, 0.5) is 11.4 Å². The summed E-state index contributed by atoms with van der Waals surface area (Å²) < 4.78 is 5.42. The first-order valence-electron chi connectivity index (χ1n) is 8.58. The second-order valence-electron chi connectivity index (χ2n) is 6.56. The molecule has 1 aliphatic heterocycles. The standard InChI is InChI=1S/C20H23N3O3.ClH/c1-20(21,14-7-4-3-5-8-14)19(25)22-15-10-11-16(17(13-15)26-2)23-12-6-9-18(23)24;/h3-5,7-8,10-11,13H,6,9,12,21H2,1-2H3,(H,22,25);1H. The Morgan fingerprint density at radius 3 is 2.52 bits per heavy atom. The number of carbonyl (C=O) groups is 2. The monoisotopic (exact) mass is 389 g/mol. The number of benzene rings is 2. The van der Waals surface area contributed by atoms with Crippen molar-refractivity contribution in [2.24, 2.45) is 5.73 Å². The number of hydrogen-bond acceptors (Lipinski definition) is 4. The molecule has 1 heterocycles. The van der Waals surface area contributed by atoms with Crippen LogP contribution in [0.2, 0.25) is 0 Å². The van der Waals surface area contributed by atoms with Gasteiger partial charge < -0.3 is 20.7 Å². The molecule has 2 aromatic rings. The number of hydrogen-bond donors (Lipinski definition) is 2. The van der Waals surface area contributed by atoms with Gasteiger partial charge in [-0.25, -0.2) is 0 Å². The highest BCUT2D eigenvalue weighted by atomic mass is 35.5. The zero-order valence-corrected chi connectivity index (χ0v) is 16.2. The predicted octanol–water partition coefficient (Wildman–Crippen LogP) is 3.06. The maximum atomic E-state index is 12.7. The van der Waals surface area contributed by atoms with Crippen LogP contribution in [-0.4, -0.2) is 25.5 Å². The Morgan fingerprint density at radius 2 is 1.93 bits per heavy atom. The molecule has 3 rings (SSSR count). The van der Waals surface area contributed by atoms with Crippen LogP contribution in [0.3, 0.4) is 0 Å². The first-order valence-corrected chi connectivity index (χ1v) is 8.58. The van der Waals surface area contributed by atoms with Crippen LogP contribution < -0.4 is 20.7 Å². The minimum atomic E-state index is -1.17. The molecule has 1 atom stereocenters. The average molecular weight is 390 g/mol. The molecule has 0 aromatic heterocycles. The molecule has 7 heteroatoms. The number of amides is 2. The Bertz CT molecular complexity index is 824. The number of methoxy groups -OCH3 is 1. The van der Waals surface area contributed by atoms with Crippen molar-refractivity contribution in [1.82, 2.24) is 0 Å². The van der Waals surface area contributed by atoms with Crippen molar-refractivity contribution in [2.75, 3.05) is 23.9 Å². The molecule has 2 amide bonds. The van der Waals surface area contributed by atoms with Gasteiger partial charge in [0.25, 0.3) is 0 Å². The van der Waals surface area contributed by atoms with E-state index in [0.29, 0.717) is 30.1 Å². The van der Waals surface area contributed by atoms with Crippen molar-refractivity contribution in [2.45, 2.75) is 25.3 Å². The Hall–Kier alpha value is -2.57. The maximum Gasteiger partial charge on any atom is 0.248 e. The van der Waals surface area contributed by atoms with Crippen molar-refractivity contribution in [1.29, 1.82) is 0 Å². The lowest BCUT2D eigenvalue weighted by Crippen LogP contribution is -2.45. The first kappa shape index (κ1) is 20.7. The summed E-state index contributed by atoms with van der Waals surface area (Å²) in [5, 5.41) is 2.84. The summed E-state index contributed by atoms with van der Waals surface area (Å²) in [6.45, 7) is 2.35. The van der Waals surface area contributed by atoms with E-state index in [9.17, 15) is 9.59 Å². The Labute approximate surface area is 165 Å². The van der Waals surface area contributed by atoms with E-state index in [4.69, 9.17) is 10.5 Å². The van der Waals surface area contributed by atoms with Gasteiger partial charge in [0.15, 0.2) is 0 Å². The predicted molar refractivity (Wildman–Crippen MR) is 108 cm³/mol. The van der Waals surface area contributed by atoms with Crippen LogP contribution in [0.25, 0.3) is 0 Å². The van der Waals surface area contributed by atoms with E-state index in [0.717, 1.165) is 12.0 Å². The number of carbonyl (C=O) groups excluding carboxylic acids is 2. The van der Waals surface area contributed by atoms with Gasteiger partial charge in [0.1, 0.15) is 11.3 Å². The molecule has 27 heavy (non-hydrogen) atoms. The van der Waals surface area contributed by atoms with Crippen molar-refractivity contribution < 1.29 is 14.3 Å². The van der Waals surface area contributed by atoms with Gasteiger partial charge >= 0.3 is 0 Å². The Kier molecular flexibility index (Phi) is 6.46. The molecule has 6 nitrogen and oxygen atoms in total. The second kappa shape index (κ2) is 8.41. The van der Waals surface area contributed by atoms with Crippen LogP contribution in [0.5, 0.6) is 5.75 Å². The highest BCUT2D eigenvalue weighted by molar-refractivity contribution is 6.00. The van der Waals surface area contributed by atoms with Gasteiger partial charge in [-0.2, -0.15) is 0 Å². The quantitative estimate of drug-likeness (QED) is 0.823. The molecular weight excluding hydrogens is 366 g/mol. The summed E-state index contributed by atoms with van der Waals surface area (Å²) in [5.41, 5.74) is 7.09. The Morgan fingerprint density at radius 1 is 1.22 bits per heavy atom. The van der Waals surface area contributed by atoms with E-state index < -0.39 is 5.54 Å². The lowest BCUT2D eigenvalue weighted by atomic mass is 9.92. The molecular formula is C20H24ClN3O3. The van der Waals surface area contributed by atoms with Crippen molar-refractivity contribution in [3.8, 4) is 5.75 Å². The van der Waals surface area contributed by atoms with E-state index >= 15 is 0 Å². The summed E-state index contributed by atoms with van der Waals surface area (Å²) in [6, 6.07) is 14.5. The number of nitrogens with two attached hydrogens (primary N) is 1. The fraction of sp³-hybridized carbons (Fsp3) is 0.300. The van der Waals surface area contributed by atoms with Gasteiger partial charge in [0.2, 0.25) is 11.8 Å². The molecule has 0 radical (unpaired) electrons. The van der Waals surface area contributed by atoms with E-state index in [1.165, 1.54) is 0 Å². The van der Waals surface area contributed by atoms with Crippen LogP contribution in [0.1, 0.15) is 25.3 Å². The van der Waals surface area contributed by atoms with E-state index in [1.54, 1.807) is 37.1 Å². The summed E-state index contributed by atoms with van der Waals surface area (Å²) in [5.74, 6) is 0.297. The zero-order valence-electron chi connectivity index (χ0n) is 15.4. The molecule has 0 aliphatic carbocycles. The largest absolute Gasteiger partial charge is 0.494 e. The van der Waals surface area contributed by atoms with Crippen molar-refractivity contribution >= 4 is 35.6 Å². The number of rotatable bonds is 5. The summed E-state index contributed by atoms with van der Waals surface area (Å²) in [6.07, 6.45) is 1.38. The van der Waals surface area contributed by atoms with E-state index in [2.05, 4.69) is 5.32 Å². The third-order valence-electron chi connectivity index (χ3n) is 4.65. The number of halogens is 1. The van der Waals surface area contributed by atoms with Gasteiger partial charge in [-0.1, -0.05) is 30.3 Å². The van der Waals surface area contributed by atoms with Crippen molar-refractivity contribution in [3.05, 3.63) is 54.1 Å². The van der Waals surface area contributed by atoms with Gasteiger partial charge in [0.05, 0.1) is 12.8 Å². The number of nitrogens with zero attached hydrogens (tertiary/aromatic N) is 1. The van der Waals surface area contributed by atoms with Crippen LogP contribution in [-0.2, 0) is 15.1 Å². The second-order valence-corrected chi connectivity index (χ2v) is 6.56. The summed E-state index contributed by atoms with van der Waals surface area (Å²) >= 11 is 0. The fourth-order valence-corrected chi connectivity index (χ4v) is 3.06. The minimum absolute atomic E-state index is 0. The van der Waals surface area contributed by atoms with Gasteiger partial charge in [-0.3, -0.25) is 9.59 Å². The normalized spacial score (nSPS) is 15.7.